The molecule has 0 saturated heterocycles. The summed E-state index contributed by atoms with van der Waals surface area (Å²) in [6, 6.07) is 7.00. The lowest BCUT2D eigenvalue weighted by Gasteiger charge is -1.88. The third kappa shape index (κ3) is 1.39. The fraction of sp³-hybridized carbons (Fsp3) is 0. The average molecular weight is 121 g/mol. The lowest BCUT2D eigenvalue weighted by molar-refractivity contribution is 0.627. The number of hydrogen-bond donors (Lipinski definition) is 0. The highest BCUT2D eigenvalue weighted by Crippen LogP contribution is 2.02. The molecule has 1 aromatic carbocycles. The summed E-state index contributed by atoms with van der Waals surface area (Å²) < 4.78 is 12.3. The van der Waals surface area contributed by atoms with Gasteiger partial charge in [0, 0.05) is 0 Å². The minimum Gasteiger partial charge on any atom is -0.207 e. The van der Waals surface area contributed by atoms with E-state index in [0.29, 0.717) is 0 Å². The number of benzene rings is 1. The molecule has 9 heavy (non-hydrogen) atoms. The van der Waals surface area contributed by atoms with Crippen LogP contribution < -0.4 is 0 Å². The van der Waals surface area contributed by atoms with E-state index in [1.807, 2.05) is 0 Å². The second-order valence-corrected chi connectivity index (χ2v) is 1.69. The molecule has 0 nitrogen and oxygen atoms in total. The molecule has 0 N–H and O–H groups in total. The zero-order valence-electron chi connectivity index (χ0n) is 4.89. The van der Waals surface area contributed by atoms with Crippen molar-refractivity contribution in [2.75, 3.05) is 0 Å². The van der Waals surface area contributed by atoms with Gasteiger partial charge in [0.2, 0.25) is 0 Å². The Morgan fingerprint density at radius 3 is 2.78 bits per heavy atom. The SMILES string of the molecule is C=Cc1c[c]cc(F)c1. The van der Waals surface area contributed by atoms with Crippen LogP contribution in [0, 0.1) is 11.9 Å². The molecular weight excluding hydrogens is 115 g/mol. The summed E-state index contributed by atoms with van der Waals surface area (Å²) in [5.41, 5.74) is 0.759. The predicted molar refractivity (Wildman–Crippen MR) is 35.3 cm³/mol. The summed E-state index contributed by atoms with van der Waals surface area (Å²) in [4.78, 5) is 0. The van der Waals surface area contributed by atoms with Crippen LogP contribution in [0.4, 0.5) is 4.39 Å². The van der Waals surface area contributed by atoms with Gasteiger partial charge in [-0.1, -0.05) is 12.7 Å². The van der Waals surface area contributed by atoms with Gasteiger partial charge >= 0.3 is 0 Å². The first-order valence-corrected chi connectivity index (χ1v) is 2.62. The Balaban J connectivity index is 3.07. The molecule has 1 aromatic rings. The lowest BCUT2D eigenvalue weighted by atomic mass is 10.2. The van der Waals surface area contributed by atoms with Gasteiger partial charge in [-0.25, -0.2) is 4.39 Å². The highest BCUT2D eigenvalue weighted by molar-refractivity contribution is 5.45. The van der Waals surface area contributed by atoms with E-state index in [1.54, 1.807) is 12.1 Å². The predicted octanol–water partition coefficient (Wildman–Crippen LogP) is 2.27. The summed E-state index contributed by atoms with van der Waals surface area (Å²) in [5.74, 6) is -0.271. The Kier molecular flexibility index (Phi) is 1.63. The molecular formula is C8H6F. The third-order valence-electron chi connectivity index (χ3n) is 1.01. The van der Waals surface area contributed by atoms with E-state index in [-0.39, 0.29) is 5.82 Å². The molecule has 0 aliphatic rings. The van der Waals surface area contributed by atoms with Gasteiger partial charge in [0.05, 0.1) is 0 Å². The molecule has 0 atom stereocenters. The van der Waals surface area contributed by atoms with Crippen molar-refractivity contribution in [1.29, 1.82) is 0 Å². The van der Waals surface area contributed by atoms with Crippen molar-refractivity contribution in [3.05, 3.63) is 42.2 Å². The van der Waals surface area contributed by atoms with Crippen LogP contribution in [0.3, 0.4) is 0 Å². The zero-order chi connectivity index (χ0) is 6.69. The largest absolute Gasteiger partial charge is 0.207 e. The Morgan fingerprint density at radius 1 is 1.56 bits per heavy atom. The Morgan fingerprint density at radius 2 is 2.33 bits per heavy atom. The second-order valence-electron chi connectivity index (χ2n) is 1.69. The lowest BCUT2D eigenvalue weighted by Crippen LogP contribution is -1.73. The monoisotopic (exact) mass is 121 g/mol. The van der Waals surface area contributed by atoms with Gasteiger partial charge < -0.3 is 0 Å². The molecule has 0 aliphatic carbocycles. The number of halogens is 1. The number of rotatable bonds is 1. The highest BCUT2D eigenvalue weighted by atomic mass is 19.1. The Labute approximate surface area is 53.6 Å². The summed E-state index contributed by atoms with van der Waals surface area (Å²) >= 11 is 0. The van der Waals surface area contributed by atoms with Crippen LogP contribution in [0.15, 0.2) is 24.8 Å². The van der Waals surface area contributed by atoms with Gasteiger partial charge in [-0.3, -0.25) is 0 Å². The molecule has 1 radical (unpaired) electrons. The van der Waals surface area contributed by atoms with E-state index in [0.717, 1.165) is 5.56 Å². The van der Waals surface area contributed by atoms with Crippen LogP contribution in [-0.4, -0.2) is 0 Å². The summed E-state index contributed by atoms with van der Waals surface area (Å²) in [6.45, 7) is 3.49. The van der Waals surface area contributed by atoms with Crippen LogP contribution in [0.25, 0.3) is 6.08 Å². The smallest absolute Gasteiger partial charge is 0.124 e. The maximum absolute atomic E-state index is 12.3. The zero-order valence-corrected chi connectivity index (χ0v) is 4.89. The summed E-state index contributed by atoms with van der Waals surface area (Å²) in [6.07, 6.45) is 1.58. The Bertz CT molecular complexity index is 216. The topological polar surface area (TPSA) is 0 Å². The van der Waals surface area contributed by atoms with Crippen LogP contribution in [0.2, 0.25) is 0 Å². The normalized spacial score (nSPS) is 9.00. The van der Waals surface area contributed by atoms with E-state index in [9.17, 15) is 4.39 Å². The minimum absolute atomic E-state index is 0.271. The van der Waals surface area contributed by atoms with Gasteiger partial charge in [0.15, 0.2) is 0 Å². The fourth-order valence-electron chi connectivity index (χ4n) is 0.578. The van der Waals surface area contributed by atoms with Gasteiger partial charge in [-0.15, -0.1) is 0 Å². The van der Waals surface area contributed by atoms with E-state index < -0.39 is 0 Å². The van der Waals surface area contributed by atoms with E-state index in [2.05, 4.69) is 12.6 Å². The molecule has 0 amide bonds. The molecule has 0 aromatic heterocycles. The van der Waals surface area contributed by atoms with Crippen LogP contribution in [0.1, 0.15) is 5.56 Å². The van der Waals surface area contributed by atoms with Crippen molar-refractivity contribution in [3.63, 3.8) is 0 Å². The molecule has 0 saturated carbocycles. The van der Waals surface area contributed by atoms with Gasteiger partial charge in [0.25, 0.3) is 0 Å². The van der Waals surface area contributed by atoms with Crippen molar-refractivity contribution in [2.45, 2.75) is 0 Å². The molecule has 0 bridgehead atoms. The molecule has 0 spiro atoms. The maximum atomic E-state index is 12.3. The van der Waals surface area contributed by atoms with Gasteiger partial charge in [-0.05, 0) is 29.8 Å². The molecule has 0 unspecified atom stereocenters. The average Bonchev–Trinajstić information content (AvgIpc) is 1.88. The van der Waals surface area contributed by atoms with Crippen molar-refractivity contribution in [2.24, 2.45) is 0 Å². The van der Waals surface area contributed by atoms with Crippen molar-refractivity contribution in [1.82, 2.24) is 0 Å². The van der Waals surface area contributed by atoms with Gasteiger partial charge in [0.1, 0.15) is 5.82 Å². The molecule has 1 heteroatoms. The van der Waals surface area contributed by atoms with E-state index >= 15 is 0 Å². The first-order valence-electron chi connectivity index (χ1n) is 2.62. The van der Waals surface area contributed by atoms with Crippen LogP contribution >= 0.6 is 0 Å². The van der Waals surface area contributed by atoms with Gasteiger partial charge in [-0.2, -0.15) is 0 Å². The van der Waals surface area contributed by atoms with Crippen molar-refractivity contribution >= 4 is 6.08 Å². The summed E-state index contributed by atoms with van der Waals surface area (Å²) in [5, 5.41) is 0. The van der Waals surface area contributed by atoms with Crippen molar-refractivity contribution < 1.29 is 4.39 Å². The summed E-state index contributed by atoms with van der Waals surface area (Å²) in [7, 11) is 0. The molecule has 1 rings (SSSR count). The van der Waals surface area contributed by atoms with Crippen LogP contribution in [-0.2, 0) is 0 Å². The molecule has 45 valence electrons. The minimum atomic E-state index is -0.271. The highest BCUT2D eigenvalue weighted by Gasteiger charge is 1.87. The van der Waals surface area contributed by atoms with E-state index in [4.69, 9.17) is 0 Å². The third-order valence-corrected chi connectivity index (χ3v) is 1.01. The van der Waals surface area contributed by atoms with Crippen molar-refractivity contribution in [3.8, 4) is 0 Å². The second kappa shape index (κ2) is 2.44. The Hall–Kier alpha value is -1.11. The van der Waals surface area contributed by atoms with E-state index in [1.165, 1.54) is 12.1 Å². The molecule has 0 heterocycles. The molecule has 0 fully saturated rings. The molecule has 0 aliphatic heterocycles. The number of hydrogen-bond acceptors (Lipinski definition) is 0. The maximum Gasteiger partial charge on any atom is 0.124 e. The van der Waals surface area contributed by atoms with Crippen LogP contribution in [0.5, 0.6) is 0 Å². The quantitative estimate of drug-likeness (QED) is 0.534. The standard InChI is InChI=1S/C8H6F/c1-2-7-4-3-5-8(9)6-7/h2,4-6H,1H2. The fourth-order valence-corrected chi connectivity index (χ4v) is 0.578. The first kappa shape index (κ1) is 6.02. The first-order chi connectivity index (χ1) is 4.33.